The number of methoxy groups -OCH3 is 1. The van der Waals surface area contributed by atoms with Crippen LogP contribution in [0, 0.1) is 33.0 Å². The van der Waals surface area contributed by atoms with Gasteiger partial charge in [0.05, 0.1) is 25.1 Å². The smallest absolute Gasteiger partial charge is 0.336 e. The standard InChI is InChI=1S/C27H32O9/c1-22(2)14(28)11-15-24(4,17(22)16(29)20(31)33-6)26-9-8-23(3)19(13-7-10-34-12-13)35-21(32)18(30)27(23,26)25(26,5)36-15/h7,10-12,16-19,29-30H,8-9H2,1-6H3/t16-,17+,18+,19+,23+,24+,25+,26-,27-/m1/s1. The minimum Gasteiger partial charge on any atom is -0.490 e. The fourth-order valence-electron chi connectivity index (χ4n) is 10.0. The lowest BCUT2D eigenvalue weighted by Crippen LogP contribution is -2.61. The molecule has 1 aromatic heterocycles. The van der Waals surface area contributed by atoms with Crippen LogP contribution >= 0.6 is 0 Å². The maximum atomic E-state index is 13.3. The van der Waals surface area contributed by atoms with Crippen LogP contribution in [0.15, 0.2) is 34.8 Å². The van der Waals surface area contributed by atoms with Crippen LogP contribution in [0.2, 0.25) is 0 Å². The van der Waals surface area contributed by atoms with E-state index in [2.05, 4.69) is 0 Å². The van der Waals surface area contributed by atoms with Crippen LogP contribution in [-0.2, 0) is 28.6 Å². The first kappa shape index (κ1) is 23.7. The number of cyclic esters (lactones) is 1. The van der Waals surface area contributed by atoms with Gasteiger partial charge in [-0.15, -0.1) is 0 Å². The zero-order chi connectivity index (χ0) is 26.3. The topological polar surface area (TPSA) is 132 Å². The average molecular weight is 501 g/mol. The monoisotopic (exact) mass is 500 g/mol. The van der Waals surface area contributed by atoms with Crippen molar-refractivity contribution in [2.24, 2.45) is 33.0 Å². The number of fused-ring (bicyclic) bond motifs is 1. The second-order valence-electron chi connectivity index (χ2n) is 12.3. The lowest BCUT2D eigenvalue weighted by molar-refractivity contribution is -0.219. The highest BCUT2D eigenvalue weighted by Gasteiger charge is 3.05. The molecule has 3 heterocycles. The number of aliphatic hydroxyl groups is 2. The molecule has 0 unspecified atom stereocenters. The van der Waals surface area contributed by atoms with Gasteiger partial charge in [0.25, 0.3) is 0 Å². The summed E-state index contributed by atoms with van der Waals surface area (Å²) < 4.78 is 22.7. The Kier molecular flexibility index (Phi) is 4.23. The van der Waals surface area contributed by atoms with Crippen LogP contribution in [0.1, 0.15) is 59.1 Å². The summed E-state index contributed by atoms with van der Waals surface area (Å²) in [5.74, 6) is -2.40. The van der Waals surface area contributed by atoms with Crippen molar-refractivity contribution in [3.8, 4) is 0 Å². The second-order valence-corrected chi connectivity index (χ2v) is 12.3. The Morgan fingerprint density at radius 2 is 1.86 bits per heavy atom. The van der Waals surface area contributed by atoms with Gasteiger partial charge in [0.2, 0.25) is 0 Å². The van der Waals surface area contributed by atoms with E-state index in [1.807, 2.05) is 20.8 Å². The molecule has 2 aliphatic heterocycles. The Morgan fingerprint density at radius 1 is 1.17 bits per heavy atom. The molecule has 0 radical (unpaired) electrons. The van der Waals surface area contributed by atoms with Crippen molar-refractivity contribution < 1.29 is 43.2 Å². The van der Waals surface area contributed by atoms with E-state index in [4.69, 9.17) is 18.6 Å². The normalized spacial score (nSPS) is 48.4. The van der Waals surface area contributed by atoms with Crippen LogP contribution < -0.4 is 0 Å². The summed E-state index contributed by atoms with van der Waals surface area (Å²) in [7, 11) is 1.19. The van der Waals surface area contributed by atoms with Gasteiger partial charge in [0, 0.05) is 39.2 Å². The van der Waals surface area contributed by atoms with E-state index in [0.717, 1.165) is 0 Å². The zero-order valence-corrected chi connectivity index (χ0v) is 21.3. The van der Waals surface area contributed by atoms with Crippen LogP contribution in [0.3, 0.4) is 0 Å². The van der Waals surface area contributed by atoms with Gasteiger partial charge in [-0.1, -0.05) is 27.7 Å². The Morgan fingerprint density at radius 3 is 2.47 bits per heavy atom. The van der Waals surface area contributed by atoms with Crippen molar-refractivity contribution in [1.29, 1.82) is 0 Å². The number of rotatable bonds is 3. The zero-order valence-electron chi connectivity index (χ0n) is 21.3. The molecular weight excluding hydrogens is 468 g/mol. The fraction of sp³-hybridized carbons (Fsp3) is 0.667. The summed E-state index contributed by atoms with van der Waals surface area (Å²) in [5, 5.41) is 23.0. The van der Waals surface area contributed by atoms with E-state index in [1.165, 1.54) is 19.4 Å². The maximum Gasteiger partial charge on any atom is 0.336 e. The molecule has 2 saturated carbocycles. The number of esters is 2. The predicted octanol–water partition coefficient (Wildman–Crippen LogP) is 2.46. The Bertz CT molecular complexity index is 1230. The van der Waals surface area contributed by atoms with Gasteiger partial charge >= 0.3 is 11.9 Å². The molecule has 0 amide bonds. The lowest BCUT2D eigenvalue weighted by atomic mass is 9.49. The molecule has 1 aromatic rings. The van der Waals surface area contributed by atoms with Crippen molar-refractivity contribution >= 4 is 17.7 Å². The highest BCUT2D eigenvalue weighted by Crippen LogP contribution is 2.99. The minimum absolute atomic E-state index is 0.265. The highest BCUT2D eigenvalue weighted by atomic mass is 16.6. The number of hydrogen-bond acceptors (Lipinski definition) is 9. The third kappa shape index (κ3) is 1.96. The number of allylic oxidation sites excluding steroid dienone is 2. The number of carbonyl (C=O) groups excluding carboxylic acids is 3. The van der Waals surface area contributed by atoms with E-state index in [1.54, 1.807) is 26.2 Å². The van der Waals surface area contributed by atoms with Gasteiger partial charge in [-0.3, -0.25) is 4.79 Å². The predicted molar refractivity (Wildman–Crippen MR) is 122 cm³/mol. The molecule has 6 rings (SSSR count). The minimum atomic E-state index is -1.62. The summed E-state index contributed by atoms with van der Waals surface area (Å²) in [5.41, 5.74) is -5.30. The molecule has 2 spiro atoms. The highest BCUT2D eigenvalue weighted by molar-refractivity contribution is 5.98. The van der Waals surface area contributed by atoms with Crippen molar-refractivity contribution in [2.45, 2.75) is 71.4 Å². The molecule has 2 N–H and O–H groups in total. The first-order chi connectivity index (χ1) is 16.7. The first-order valence-corrected chi connectivity index (χ1v) is 12.4. The molecular formula is C27H32O9. The molecule has 0 aromatic carbocycles. The van der Waals surface area contributed by atoms with Gasteiger partial charge < -0.3 is 28.8 Å². The summed E-state index contributed by atoms with van der Waals surface area (Å²) in [4.78, 5) is 39.2. The molecule has 4 fully saturated rings. The van der Waals surface area contributed by atoms with Gasteiger partial charge in [-0.05, 0) is 25.8 Å². The van der Waals surface area contributed by atoms with Crippen LogP contribution in [0.25, 0.3) is 0 Å². The first-order valence-electron chi connectivity index (χ1n) is 12.4. The Hall–Kier alpha value is -2.65. The van der Waals surface area contributed by atoms with Crippen molar-refractivity contribution in [3.63, 3.8) is 0 Å². The van der Waals surface area contributed by atoms with E-state index in [9.17, 15) is 24.6 Å². The van der Waals surface area contributed by atoms with Gasteiger partial charge in [-0.2, -0.15) is 0 Å². The molecule has 9 atom stereocenters. The number of ether oxygens (including phenoxy) is 3. The summed E-state index contributed by atoms with van der Waals surface area (Å²) in [6.45, 7) is 9.19. The maximum absolute atomic E-state index is 13.3. The molecule has 36 heavy (non-hydrogen) atoms. The van der Waals surface area contributed by atoms with Gasteiger partial charge in [0.1, 0.15) is 17.5 Å². The average Bonchev–Trinajstić information content (AvgIpc) is 3.26. The number of hydrogen-bond donors (Lipinski definition) is 2. The van der Waals surface area contributed by atoms with Crippen molar-refractivity contribution in [1.82, 2.24) is 0 Å². The van der Waals surface area contributed by atoms with Crippen molar-refractivity contribution in [2.75, 3.05) is 7.11 Å². The molecule has 9 nitrogen and oxygen atoms in total. The van der Waals surface area contributed by atoms with Gasteiger partial charge in [-0.25, -0.2) is 9.59 Å². The van der Waals surface area contributed by atoms with Crippen LogP contribution in [0.5, 0.6) is 0 Å². The number of furan rings is 1. The largest absolute Gasteiger partial charge is 0.490 e. The molecule has 5 aliphatic rings. The molecule has 0 bridgehead atoms. The molecule has 194 valence electrons. The molecule has 3 aliphatic carbocycles. The number of ketones is 1. The quantitative estimate of drug-likeness (QED) is 0.601. The van der Waals surface area contributed by atoms with E-state index < -0.39 is 68.8 Å². The van der Waals surface area contributed by atoms with Crippen LogP contribution in [0.4, 0.5) is 0 Å². The summed E-state index contributed by atoms with van der Waals surface area (Å²) >= 11 is 0. The third-order valence-electron chi connectivity index (χ3n) is 11.2. The summed E-state index contributed by atoms with van der Waals surface area (Å²) in [6.07, 6.45) is 1.85. The SMILES string of the molecule is COC(=O)[C@H](O)[C@H]1C(C)(C)C(=O)C=C2O[C@@]3(C)[C@@]4(CC[C@@]5(C)[C@H](c6ccoc6)OC(=O)[C@H](O)[C@@]345)[C@@]21C. The fourth-order valence-corrected chi connectivity index (χ4v) is 10.0. The van der Waals surface area contributed by atoms with Crippen LogP contribution in [-0.4, -0.2) is 52.9 Å². The third-order valence-corrected chi connectivity index (χ3v) is 11.2. The summed E-state index contributed by atoms with van der Waals surface area (Å²) in [6, 6.07) is 1.75. The Labute approximate surface area is 208 Å². The number of carbonyl (C=O) groups is 3. The lowest BCUT2D eigenvalue weighted by Gasteiger charge is -2.55. The second kappa shape index (κ2) is 6.42. The van der Waals surface area contributed by atoms with E-state index >= 15 is 0 Å². The molecule has 2 saturated heterocycles. The Balaban J connectivity index is 1.61. The van der Waals surface area contributed by atoms with Crippen molar-refractivity contribution in [3.05, 3.63) is 36.0 Å². The number of aliphatic hydroxyl groups excluding tert-OH is 2. The van der Waals surface area contributed by atoms with E-state index in [0.29, 0.717) is 24.2 Å². The molecule has 9 heteroatoms. The van der Waals surface area contributed by atoms with E-state index in [-0.39, 0.29) is 5.78 Å². The van der Waals surface area contributed by atoms with Gasteiger partial charge in [0.15, 0.2) is 18.0 Å².